The summed E-state index contributed by atoms with van der Waals surface area (Å²) in [6, 6.07) is 14.4. The van der Waals surface area contributed by atoms with Crippen molar-refractivity contribution >= 4 is 35.5 Å². The maximum atomic E-state index is 5.59. The van der Waals surface area contributed by atoms with Crippen LogP contribution in [0.15, 0.2) is 53.5 Å². The number of nitrogens with zero attached hydrogens (tertiary/aromatic N) is 2. The number of aliphatic imine (C=N–C) groups is 1. The zero-order valence-corrected chi connectivity index (χ0v) is 21.0. The highest BCUT2D eigenvalue weighted by Gasteiger charge is 2.18. The summed E-state index contributed by atoms with van der Waals surface area (Å²) in [7, 11) is 4.87. The van der Waals surface area contributed by atoms with Crippen LogP contribution in [0.2, 0.25) is 0 Å². The van der Waals surface area contributed by atoms with Crippen LogP contribution < -0.4 is 19.5 Å². The Kier molecular flexibility index (Phi) is 9.97. The summed E-state index contributed by atoms with van der Waals surface area (Å²) >= 11 is 0. The second kappa shape index (κ2) is 12.4. The quantitative estimate of drug-likeness (QED) is 0.318. The van der Waals surface area contributed by atoms with Gasteiger partial charge in [0.05, 0.1) is 27.9 Å². The lowest BCUT2D eigenvalue weighted by molar-refractivity contribution is 0.322. The van der Waals surface area contributed by atoms with Crippen LogP contribution in [0.3, 0.4) is 0 Å². The summed E-state index contributed by atoms with van der Waals surface area (Å²) < 4.78 is 16.5. The molecule has 2 aromatic carbocycles. The third-order valence-electron chi connectivity index (χ3n) is 5.17. The van der Waals surface area contributed by atoms with E-state index in [0.717, 1.165) is 37.6 Å². The third-order valence-corrected chi connectivity index (χ3v) is 5.17. The van der Waals surface area contributed by atoms with Gasteiger partial charge in [-0.3, -0.25) is 0 Å². The van der Waals surface area contributed by atoms with E-state index in [-0.39, 0.29) is 24.0 Å². The van der Waals surface area contributed by atoms with Crippen LogP contribution in [-0.2, 0) is 6.54 Å². The van der Waals surface area contributed by atoms with Gasteiger partial charge in [0.25, 0.3) is 0 Å². The first-order chi connectivity index (χ1) is 14.7. The molecule has 1 heterocycles. The first-order valence-electron chi connectivity index (χ1n) is 10.3. The molecule has 1 N–H and O–H groups in total. The van der Waals surface area contributed by atoms with E-state index in [2.05, 4.69) is 53.5 Å². The molecule has 3 rings (SSSR count). The third kappa shape index (κ3) is 6.06. The zero-order valence-electron chi connectivity index (χ0n) is 18.7. The number of hydrogen-bond acceptors (Lipinski definition) is 4. The van der Waals surface area contributed by atoms with Gasteiger partial charge in [-0.05, 0) is 36.6 Å². The highest BCUT2D eigenvalue weighted by molar-refractivity contribution is 14.0. The minimum absolute atomic E-state index is 0. The number of methoxy groups -OCH3 is 3. The van der Waals surface area contributed by atoms with Gasteiger partial charge in [0.1, 0.15) is 0 Å². The van der Waals surface area contributed by atoms with Crippen molar-refractivity contribution in [1.82, 2.24) is 10.2 Å². The number of benzene rings is 2. The Balaban J connectivity index is 0.00000341. The summed E-state index contributed by atoms with van der Waals surface area (Å²) in [4.78, 5) is 7.15. The lowest BCUT2D eigenvalue weighted by atomic mass is 10.00. The number of ether oxygens (including phenoxy) is 3. The van der Waals surface area contributed by atoms with Crippen molar-refractivity contribution in [2.45, 2.75) is 19.9 Å². The van der Waals surface area contributed by atoms with Gasteiger partial charge < -0.3 is 24.4 Å². The SMILES string of the molecule is CCNC(=NCc1ccc(OC)c(OC)c1OC)N1CC=C(c2ccccc2)CC1.I. The number of nitrogens with one attached hydrogen (secondary N) is 1. The molecule has 0 saturated carbocycles. The molecular formula is C24H32IN3O3. The van der Waals surface area contributed by atoms with E-state index in [1.807, 2.05) is 12.1 Å². The Labute approximate surface area is 202 Å². The summed E-state index contributed by atoms with van der Waals surface area (Å²) in [5.41, 5.74) is 3.64. The molecule has 0 saturated heterocycles. The van der Waals surface area contributed by atoms with Crippen molar-refractivity contribution in [1.29, 1.82) is 0 Å². The minimum atomic E-state index is 0. The lowest BCUT2D eigenvalue weighted by Gasteiger charge is -2.30. The van der Waals surface area contributed by atoms with Crippen LogP contribution in [0.1, 0.15) is 24.5 Å². The molecule has 7 heteroatoms. The van der Waals surface area contributed by atoms with Crippen LogP contribution >= 0.6 is 24.0 Å². The Hall–Kier alpha value is -2.42. The van der Waals surface area contributed by atoms with E-state index in [4.69, 9.17) is 19.2 Å². The summed E-state index contributed by atoms with van der Waals surface area (Å²) in [6.07, 6.45) is 3.29. The molecule has 0 spiro atoms. The molecule has 0 aromatic heterocycles. The molecular weight excluding hydrogens is 505 g/mol. The Morgan fingerprint density at radius 2 is 1.74 bits per heavy atom. The highest BCUT2D eigenvalue weighted by Crippen LogP contribution is 2.40. The first-order valence-corrected chi connectivity index (χ1v) is 10.3. The highest BCUT2D eigenvalue weighted by atomic mass is 127. The Morgan fingerprint density at radius 1 is 1.00 bits per heavy atom. The van der Waals surface area contributed by atoms with Gasteiger partial charge in [0.15, 0.2) is 17.5 Å². The predicted molar refractivity (Wildman–Crippen MR) is 137 cm³/mol. The standard InChI is InChI=1S/C24H31N3O3.HI/c1-5-25-24(27-15-13-19(14-16-27)18-9-7-6-8-10-18)26-17-20-11-12-21(28-2)23(30-4)22(20)29-3;/h6-13H,5,14-17H2,1-4H3,(H,25,26);1H. The van der Waals surface area contributed by atoms with E-state index < -0.39 is 0 Å². The fourth-order valence-corrected chi connectivity index (χ4v) is 3.65. The summed E-state index contributed by atoms with van der Waals surface area (Å²) in [6.45, 7) is 5.14. The average Bonchev–Trinajstić information content (AvgIpc) is 2.81. The van der Waals surface area contributed by atoms with Crippen molar-refractivity contribution in [3.05, 3.63) is 59.7 Å². The van der Waals surface area contributed by atoms with Crippen molar-refractivity contribution in [2.75, 3.05) is 41.0 Å². The monoisotopic (exact) mass is 537 g/mol. The van der Waals surface area contributed by atoms with Gasteiger partial charge in [-0.2, -0.15) is 0 Å². The van der Waals surface area contributed by atoms with Crippen LogP contribution in [0, 0.1) is 0 Å². The second-order valence-electron chi connectivity index (χ2n) is 6.96. The Morgan fingerprint density at radius 3 is 2.32 bits per heavy atom. The molecule has 0 bridgehead atoms. The summed E-state index contributed by atoms with van der Waals surface area (Å²) in [5.74, 6) is 2.79. The van der Waals surface area contributed by atoms with Gasteiger partial charge in [0, 0.05) is 25.2 Å². The molecule has 6 nitrogen and oxygen atoms in total. The number of rotatable bonds is 7. The molecule has 168 valence electrons. The van der Waals surface area contributed by atoms with E-state index in [0.29, 0.717) is 23.8 Å². The van der Waals surface area contributed by atoms with Crippen LogP contribution in [-0.4, -0.2) is 51.8 Å². The first kappa shape index (κ1) is 24.8. The number of guanidine groups is 1. The molecule has 1 aliphatic heterocycles. The average molecular weight is 537 g/mol. The molecule has 0 amide bonds. The van der Waals surface area contributed by atoms with Gasteiger partial charge >= 0.3 is 0 Å². The maximum Gasteiger partial charge on any atom is 0.203 e. The van der Waals surface area contributed by atoms with Crippen molar-refractivity contribution in [2.24, 2.45) is 4.99 Å². The van der Waals surface area contributed by atoms with E-state index in [1.165, 1.54) is 11.1 Å². The van der Waals surface area contributed by atoms with Crippen molar-refractivity contribution in [3.8, 4) is 17.2 Å². The fraction of sp³-hybridized carbons (Fsp3) is 0.375. The van der Waals surface area contributed by atoms with Crippen molar-refractivity contribution < 1.29 is 14.2 Å². The Bertz CT molecular complexity index is 900. The van der Waals surface area contributed by atoms with E-state index in [9.17, 15) is 0 Å². The van der Waals surface area contributed by atoms with E-state index >= 15 is 0 Å². The van der Waals surface area contributed by atoms with Crippen LogP contribution in [0.5, 0.6) is 17.2 Å². The van der Waals surface area contributed by atoms with Gasteiger partial charge in [-0.15, -0.1) is 24.0 Å². The van der Waals surface area contributed by atoms with Gasteiger partial charge in [0.2, 0.25) is 5.75 Å². The minimum Gasteiger partial charge on any atom is -0.493 e. The van der Waals surface area contributed by atoms with Gasteiger partial charge in [-0.25, -0.2) is 4.99 Å². The van der Waals surface area contributed by atoms with Crippen LogP contribution in [0.4, 0.5) is 0 Å². The van der Waals surface area contributed by atoms with Gasteiger partial charge in [-0.1, -0.05) is 36.4 Å². The van der Waals surface area contributed by atoms with E-state index in [1.54, 1.807) is 21.3 Å². The molecule has 31 heavy (non-hydrogen) atoms. The molecule has 0 radical (unpaired) electrons. The second-order valence-corrected chi connectivity index (χ2v) is 6.96. The smallest absolute Gasteiger partial charge is 0.203 e. The topological polar surface area (TPSA) is 55.3 Å². The zero-order chi connectivity index (χ0) is 21.3. The molecule has 0 unspecified atom stereocenters. The summed E-state index contributed by atoms with van der Waals surface area (Å²) in [5, 5.41) is 3.42. The largest absolute Gasteiger partial charge is 0.493 e. The molecule has 1 aliphatic rings. The molecule has 2 aromatic rings. The number of halogens is 1. The normalized spacial score (nSPS) is 13.7. The molecule has 0 aliphatic carbocycles. The predicted octanol–water partition coefficient (Wildman–Crippen LogP) is 4.59. The maximum absolute atomic E-state index is 5.59. The fourth-order valence-electron chi connectivity index (χ4n) is 3.65. The van der Waals surface area contributed by atoms with Crippen molar-refractivity contribution in [3.63, 3.8) is 0 Å². The van der Waals surface area contributed by atoms with Crippen LogP contribution in [0.25, 0.3) is 5.57 Å². The number of hydrogen-bond donors (Lipinski definition) is 1. The molecule has 0 fully saturated rings. The molecule has 0 atom stereocenters. The lowest BCUT2D eigenvalue weighted by Crippen LogP contribution is -2.43.